The van der Waals surface area contributed by atoms with E-state index >= 15 is 0 Å². The smallest absolute Gasteiger partial charge is 0.238 e. The Morgan fingerprint density at radius 1 is 1.15 bits per heavy atom. The molecule has 7 heteroatoms. The van der Waals surface area contributed by atoms with Crippen molar-refractivity contribution in [3.63, 3.8) is 0 Å². The summed E-state index contributed by atoms with van der Waals surface area (Å²) in [5.41, 5.74) is 2.41. The molecule has 0 spiro atoms. The molecular formula is C19H20N2O4S. The average molecular weight is 372 g/mol. The van der Waals surface area contributed by atoms with Gasteiger partial charge in [-0.25, -0.2) is 0 Å². The summed E-state index contributed by atoms with van der Waals surface area (Å²) in [4.78, 5) is 25.5. The van der Waals surface area contributed by atoms with Gasteiger partial charge >= 0.3 is 0 Å². The van der Waals surface area contributed by atoms with Gasteiger partial charge in [0.25, 0.3) is 0 Å². The predicted molar refractivity (Wildman–Crippen MR) is 103 cm³/mol. The molecule has 1 fully saturated rings. The third-order valence-electron chi connectivity index (χ3n) is 4.03. The van der Waals surface area contributed by atoms with Gasteiger partial charge in [-0.05, 0) is 29.8 Å². The molecule has 1 N–H and O–H groups in total. The molecule has 1 aliphatic rings. The lowest BCUT2D eigenvalue weighted by Crippen LogP contribution is -2.28. The Morgan fingerprint density at radius 2 is 1.88 bits per heavy atom. The standard InChI is InChI=1S/C19H20N2O4S/c1-12(22)20-14-6-4-13(5-7-14)19-21(18(23)11-26-19)16-9-8-15(24-2)10-17(16)25-3/h4-10,19H,11H2,1-3H3,(H,20,22). The highest BCUT2D eigenvalue weighted by Gasteiger charge is 2.35. The molecule has 2 amide bonds. The molecule has 1 unspecified atom stereocenters. The molecule has 2 aromatic rings. The first-order valence-corrected chi connectivity index (χ1v) is 9.11. The van der Waals surface area contributed by atoms with Crippen molar-refractivity contribution in [1.29, 1.82) is 0 Å². The molecule has 0 saturated carbocycles. The predicted octanol–water partition coefficient (Wildman–Crippen LogP) is 3.44. The van der Waals surface area contributed by atoms with Crippen LogP contribution in [-0.4, -0.2) is 31.8 Å². The second-order valence-electron chi connectivity index (χ2n) is 5.77. The van der Waals surface area contributed by atoms with Crippen LogP contribution in [0.15, 0.2) is 42.5 Å². The van der Waals surface area contributed by atoms with Gasteiger partial charge in [0, 0.05) is 18.7 Å². The van der Waals surface area contributed by atoms with Crippen LogP contribution < -0.4 is 19.7 Å². The summed E-state index contributed by atoms with van der Waals surface area (Å²) in [5.74, 6) is 1.55. The molecule has 0 bridgehead atoms. The lowest BCUT2D eigenvalue weighted by molar-refractivity contribution is -0.116. The van der Waals surface area contributed by atoms with Crippen molar-refractivity contribution in [3.05, 3.63) is 48.0 Å². The van der Waals surface area contributed by atoms with Crippen molar-refractivity contribution >= 4 is 35.0 Å². The van der Waals surface area contributed by atoms with E-state index < -0.39 is 0 Å². The minimum absolute atomic E-state index is 0.0226. The van der Waals surface area contributed by atoms with E-state index in [1.165, 1.54) is 6.92 Å². The lowest BCUT2D eigenvalue weighted by atomic mass is 10.1. The van der Waals surface area contributed by atoms with Gasteiger partial charge in [-0.3, -0.25) is 14.5 Å². The number of carbonyl (C=O) groups excluding carboxylic acids is 2. The maximum atomic E-state index is 12.6. The fraction of sp³-hybridized carbons (Fsp3) is 0.263. The maximum absolute atomic E-state index is 12.6. The fourth-order valence-electron chi connectivity index (χ4n) is 2.85. The molecule has 1 atom stereocenters. The molecule has 0 aliphatic carbocycles. The van der Waals surface area contributed by atoms with Crippen LogP contribution in [0.1, 0.15) is 17.9 Å². The summed E-state index contributed by atoms with van der Waals surface area (Å²) in [7, 11) is 3.16. The first kappa shape index (κ1) is 18.1. The van der Waals surface area contributed by atoms with E-state index in [-0.39, 0.29) is 17.2 Å². The number of thioether (sulfide) groups is 1. The van der Waals surface area contributed by atoms with Crippen LogP contribution in [0, 0.1) is 0 Å². The zero-order valence-electron chi connectivity index (χ0n) is 14.8. The van der Waals surface area contributed by atoms with Crippen molar-refractivity contribution < 1.29 is 19.1 Å². The Morgan fingerprint density at radius 3 is 2.50 bits per heavy atom. The van der Waals surface area contributed by atoms with Crippen LogP contribution >= 0.6 is 11.8 Å². The van der Waals surface area contributed by atoms with Crippen LogP contribution in [-0.2, 0) is 9.59 Å². The third kappa shape index (κ3) is 3.62. The van der Waals surface area contributed by atoms with Gasteiger partial charge in [0.2, 0.25) is 11.8 Å². The SMILES string of the molecule is COc1ccc(N2C(=O)CSC2c2ccc(NC(C)=O)cc2)c(OC)c1. The number of nitrogens with one attached hydrogen (secondary N) is 1. The number of carbonyl (C=O) groups is 2. The maximum Gasteiger partial charge on any atom is 0.238 e. The number of rotatable bonds is 5. The second-order valence-corrected chi connectivity index (χ2v) is 6.84. The first-order valence-electron chi connectivity index (χ1n) is 8.06. The minimum atomic E-state index is -0.156. The van der Waals surface area contributed by atoms with E-state index in [1.54, 1.807) is 36.9 Å². The molecule has 1 heterocycles. The first-order chi connectivity index (χ1) is 12.5. The number of hydrogen-bond donors (Lipinski definition) is 1. The Bertz CT molecular complexity index is 823. The summed E-state index contributed by atoms with van der Waals surface area (Å²) >= 11 is 1.56. The summed E-state index contributed by atoms with van der Waals surface area (Å²) < 4.78 is 10.7. The number of benzene rings is 2. The Labute approximate surface area is 156 Å². The molecule has 2 aromatic carbocycles. The molecule has 26 heavy (non-hydrogen) atoms. The van der Waals surface area contributed by atoms with Gasteiger partial charge in [-0.1, -0.05) is 12.1 Å². The zero-order chi connectivity index (χ0) is 18.7. The number of hydrogen-bond acceptors (Lipinski definition) is 5. The quantitative estimate of drug-likeness (QED) is 0.871. The second kappa shape index (κ2) is 7.70. The Kier molecular flexibility index (Phi) is 5.37. The van der Waals surface area contributed by atoms with Crippen LogP contribution in [0.5, 0.6) is 11.5 Å². The highest BCUT2D eigenvalue weighted by Crippen LogP contribution is 2.45. The molecular weight excluding hydrogens is 352 g/mol. The number of nitrogens with zero attached hydrogens (tertiary/aromatic N) is 1. The lowest BCUT2D eigenvalue weighted by Gasteiger charge is -2.26. The Balaban J connectivity index is 1.93. The molecule has 136 valence electrons. The monoisotopic (exact) mass is 372 g/mol. The van der Waals surface area contributed by atoms with Crippen molar-refractivity contribution in [1.82, 2.24) is 0 Å². The van der Waals surface area contributed by atoms with Crippen LogP contribution in [0.2, 0.25) is 0 Å². The van der Waals surface area contributed by atoms with Gasteiger partial charge < -0.3 is 14.8 Å². The van der Waals surface area contributed by atoms with E-state index in [1.807, 2.05) is 36.4 Å². The number of amides is 2. The molecule has 0 radical (unpaired) electrons. The van der Waals surface area contributed by atoms with Crippen LogP contribution in [0.25, 0.3) is 0 Å². The molecule has 0 aromatic heterocycles. The largest absolute Gasteiger partial charge is 0.497 e. The van der Waals surface area contributed by atoms with Gasteiger partial charge in [0.05, 0.1) is 25.7 Å². The van der Waals surface area contributed by atoms with E-state index in [9.17, 15) is 9.59 Å². The van der Waals surface area contributed by atoms with Crippen molar-refractivity contribution in [2.75, 3.05) is 30.2 Å². The number of ether oxygens (including phenoxy) is 2. The molecule has 1 aliphatic heterocycles. The molecule has 3 rings (SSSR count). The van der Waals surface area contributed by atoms with Crippen molar-refractivity contribution in [3.8, 4) is 11.5 Å². The topological polar surface area (TPSA) is 67.9 Å². The highest BCUT2D eigenvalue weighted by atomic mass is 32.2. The fourth-order valence-corrected chi connectivity index (χ4v) is 4.02. The molecule has 6 nitrogen and oxygen atoms in total. The number of anilines is 2. The average Bonchev–Trinajstić information content (AvgIpc) is 3.02. The van der Waals surface area contributed by atoms with Gasteiger partial charge in [0.1, 0.15) is 16.9 Å². The van der Waals surface area contributed by atoms with Crippen LogP contribution in [0.3, 0.4) is 0 Å². The summed E-state index contributed by atoms with van der Waals surface area (Å²) in [6.45, 7) is 1.47. The van der Waals surface area contributed by atoms with E-state index in [4.69, 9.17) is 9.47 Å². The van der Waals surface area contributed by atoms with Crippen molar-refractivity contribution in [2.45, 2.75) is 12.3 Å². The van der Waals surface area contributed by atoms with Crippen molar-refractivity contribution in [2.24, 2.45) is 0 Å². The normalized spacial score (nSPS) is 16.5. The zero-order valence-corrected chi connectivity index (χ0v) is 15.6. The summed E-state index contributed by atoms with van der Waals surface area (Å²) in [6, 6.07) is 12.9. The molecule has 1 saturated heterocycles. The van der Waals surface area contributed by atoms with Gasteiger partial charge in [0.15, 0.2) is 0 Å². The van der Waals surface area contributed by atoms with Gasteiger partial charge in [-0.15, -0.1) is 11.8 Å². The van der Waals surface area contributed by atoms with Gasteiger partial charge in [-0.2, -0.15) is 0 Å². The van der Waals surface area contributed by atoms with E-state index in [0.717, 1.165) is 11.3 Å². The van der Waals surface area contributed by atoms with E-state index in [0.29, 0.717) is 22.9 Å². The van der Waals surface area contributed by atoms with Crippen LogP contribution in [0.4, 0.5) is 11.4 Å². The minimum Gasteiger partial charge on any atom is -0.497 e. The third-order valence-corrected chi connectivity index (χ3v) is 5.24. The summed E-state index contributed by atoms with van der Waals surface area (Å²) in [5, 5.41) is 2.59. The Hall–Kier alpha value is -2.67. The summed E-state index contributed by atoms with van der Waals surface area (Å²) in [6.07, 6.45) is 0. The number of methoxy groups -OCH3 is 2. The van der Waals surface area contributed by atoms with E-state index in [2.05, 4.69) is 5.32 Å². The highest BCUT2D eigenvalue weighted by molar-refractivity contribution is 8.00.